The zero-order valence-corrected chi connectivity index (χ0v) is 19.2. The number of amides is 1. The van der Waals surface area contributed by atoms with Crippen LogP contribution in [0, 0.1) is 0 Å². The molecule has 1 aliphatic rings. The first kappa shape index (κ1) is 23.5. The number of hydrogen-bond acceptors (Lipinski definition) is 6. The van der Waals surface area contributed by atoms with Crippen molar-refractivity contribution in [1.82, 2.24) is 15.3 Å². The number of carboxylic acids is 1. The van der Waals surface area contributed by atoms with Crippen molar-refractivity contribution < 1.29 is 19.4 Å². The Morgan fingerprint density at radius 2 is 1.97 bits per heavy atom. The highest BCUT2D eigenvalue weighted by molar-refractivity contribution is 6.33. The maximum atomic E-state index is 12.4. The molecule has 0 radical (unpaired) electrons. The molecule has 0 spiro atoms. The topological polar surface area (TPSA) is 113 Å². The number of aromatic nitrogens is 2. The molecule has 3 heterocycles. The fourth-order valence-corrected chi connectivity index (χ4v) is 3.91. The number of halogens is 1. The van der Waals surface area contributed by atoms with Gasteiger partial charge in [0.05, 0.1) is 23.4 Å². The number of rotatable bonds is 9. The van der Waals surface area contributed by atoms with E-state index in [1.165, 1.54) is 11.6 Å². The maximum Gasteiger partial charge on any atom is 0.326 e. The van der Waals surface area contributed by atoms with Gasteiger partial charge in [0, 0.05) is 30.8 Å². The number of carbonyl (C=O) groups is 2. The Morgan fingerprint density at radius 3 is 2.74 bits per heavy atom. The van der Waals surface area contributed by atoms with Crippen LogP contribution in [0.25, 0.3) is 0 Å². The summed E-state index contributed by atoms with van der Waals surface area (Å²) in [5.74, 6) is -0.172. The monoisotopic (exact) mass is 480 g/mol. The third-order valence-electron chi connectivity index (χ3n) is 5.51. The van der Waals surface area contributed by atoms with Gasteiger partial charge in [0.1, 0.15) is 17.6 Å². The van der Waals surface area contributed by atoms with Gasteiger partial charge in [-0.2, -0.15) is 0 Å². The molecule has 1 amide bonds. The number of hydrogen-bond donors (Lipinski definition) is 3. The number of aliphatic carboxylic acids is 1. The number of ether oxygens (including phenoxy) is 1. The molecular weight excluding hydrogens is 456 g/mol. The van der Waals surface area contributed by atoms with Crippen molar-refractivity contribution in [3.63, 3.8) is 0 Å². The minimum absolute atomic E-state index is 0.0256. The molecule has 8 nitrogen and oxygen atoms in total. The van der Waals surface area contributed by atoms with Crippen LogP contribution < -0.4 is 15.4 Å². The van der Waals surface area contributed by atoms with E-state index in [0.29, 0.717) is 24.5 Å². The highest BCUT2D eigenvalue weighted by Gasteiger charge is 2.22. The maximum absolute atomic E-state index is 12.4. The second-order valence-corrected chi connectivity index (χ2v) is 8.38. The van der Waals surface area contributed by atoms with E-state index in [0.717, 1.165) is 30.9 Å². The van der Waals surface area contributed by atoms with Gasteiger partial charge < -0.3 is 20.5 Å². The molecule has 3 aromatic rings. The number of fused-ring (bicyclic) bond motifs is 1. The number of carbonyl (C=O) groups excluding carboxylic acids is 1. The summed E-state index contributed by atoms with van der Waals surface area (Å²) in [6.07, 6.45) is 4.41. The molecule has 0 bridgehead atoms. The van der Waals surface area contributed by atoms with Crippen LogP contribution >= 0.6 is 11.6 Å². The summed E-state index contributed by atoms with van der Waals surface area (Å²) in [6, 6.07) is 12.9. The number of anilines is 1. The lowest BCUT2D eigenvalue weighted by atomic mass is 10.1. The fraction of sp³-hybridized carbons (Fsp3) is 0.280. The van der Waals surface area contributed by atoms with Crippen molar-refractivity contribution in [2.45, 2.75) is 31.7 Å². The fourth-order valence-electron chi connectivity index (χ4n) is 3.69. The zero-order chi connectivity index (χ0) is 23.9. The van der Waals surface area contributed by atoms with Crippen LogP contribution in [-0.2, 0) is 24.1 Å². The number of pyridine rings is 2. The van der Waals surface area contributed by atoms with Crippen molar-refractivity contribution in [2.75, 3.05) is 18.5 Å². The summed E-state index contributed by atoms with van der Waals surface area (Å²) in [4.78, 5) is 33.1. The summed E-state index contributed by atoms with van der Waals surface area (Å²) in [6.45, 7) is 1.39. The molecule has 0 fully saturated rings. The number of nitrogens with one attached hydrogen (secondary N) is 2. The van der Waals surface area contributed by atoms with E-state index in [2.05, 4.69) is 26.7 Å². The van der Waals surface area contributed by atoms with E-state index in [1.54, 1.807) is 36.5 Å². The molecule has 1 aliphatic heterocycles. The van der Waals surface area contributed by atoms with E-state index in [1.807, 2.05) is 6.07 Å². The van der Waals surface area contributed by atoms with Gasteiger partial charge in [-0.1, -0.05) is 29.8 Å². The minimum atomic E-state index is -1.16. The first-order valence-electron chi connectivity index (χ1n) is 11.1. The third-order valence-corrected chi connectivity index (χ3v) is 5.84. The smallest absolute Gasteiger partial charge is 0.326 e. The number of aryl methyl sites for hydroxylation is 1. The first-order chi connectivity index (χ1) is 16.5. The summed E-state index contributed by atoms with van der Waals surface area (Å²) in [5.41, 5.74) is 2.94. The van der Waals surface area contributed by atoms with Gasteiger partial charge in [0.25, 0.3) is 5.91 Å². The number of carboxylic acid groups (broad SMARTS) is 1. The van der Waals surface area contributed by atoms with Crippen LogP contribution in [-0.4, -0.2) is 46.1 Å². The molecule has 0 unspecified atom stereocenters. The summed E-state index contributed by atoms with van der Waals surface area (Å²) in [7, 11) is 0. The minimum Gasteiger partial charge on any atom is -0.492 e. The van der Waals surface area contributed by atoms with Crippen molar-refractivity contribution >= 4 is 29.3 Å². The standard InChI is InChI=1S/C25H25ClN4O4/c26-21-6-2-1-5-20(21)24(31)30-22(25(32)33)14-18-9-10-19(15-28-18)34-13-11-17-8-7-16-4-3-12-27-23(16)29-17/h1-2,5-10,15,22H,3-4,11-14H2,(H,27,29)(H,30,31)(H,32,33)/t22-/m0/s1. The normalized spacial score (nSPS) is 13.3. The lowest BCUT2D eigenvalue weighted by molar-refractivity contribution is -0.139. The van der Waals surface area contributed by atoms with E-state index < -0.39 is 17.9 Å². The predicted octanol–water partition coefficient (Wildman–Crippen LogP) is 3.54. The molecule has 9 heteroatoms. The van der Waals surface area contributed by atoms with Crippen LogP contribution in [0.3, 0.4) is 0 Å². The van der Waals surface area contributed by atoms with Gasteiger partial charge in [-0.25, -0.2) is 9.78 Å². The largest absolute Gasteiger partial charge is 0.492 e. The Morgan fingerprint density at radius 1 is 1.15 bits per heavy atom. The van der Waals surface area contributed by atoms with Crippen LogP contribution in [0.4, 0.5) is 5.82 Å². The van der Waals surface area contributed by atoms with Gasteiger partial charge in [0.2, 0.25) is 0 Å². The van der Waals surface area contributed by atoms with Crippen LogP contribution in [0.2, 0.25) is 5.02 Å². The SMILES string of the molecule is O=C(N[C@@H](Cc1ccc(OCCc2ccc3c(n2)NCCC3)cn1)C(=O)O)c1ccccc1Cl. The van der Waals surface area contributed by atoms with E-state index in [4.69, 9.17) is 16.3 Å². The number of benzene rings is 1. The molecule has 3 N–H and O–H groups in total. The third kappa shape index (κ3) is 6.02. The molecule has 176 valence electrons. The summed E-state index contributed by atoms with van der Waals surface area (Å²) < 4.78 is 5.77. The molecule has 1 atom stereocenters. The second kappa shape index (κ2) is 11.0. The second-order valence-electron chi connectivity index (χ2n) is 7.97. The summed E-state index contributed by atoms with van der Waals surface area (Å²) >= 11 is 6.03. The Bertz CT molecular complexity index is 1170. The molecule has 2 aromatic heterocycles. The molecule has 1 aromatic carbocycles. The molecule has 0 aliphatic carbocycles. The number of nitrogens with zero attached hydrogens (tertiary/aromatic N) is 2. The lowest BCUT2D eigenvalue weighted by Crippen LogP contribution is -2.42. The van der Waals surface area contributed by atoms with Crippen LogP contribution in [0.1, 0.15) is 33.7 Å². The van der Waals surface area contributed by atoms with Crippen molar-refractivity contribution in [2.24, 2.45) is 0 Å². The van der Waals surface area contributed by atoms with Gasteiger partial charge in [-0.3, -0.25) is 9.78 Å². The average molecular weight is 481 g/mol. The molecule has 34 heavy (non-hydrogen) atoms. The quantitative estimate of drug-likeness (QED) is 0.429. The van der Waals surface area contributed by atoms with Gasteiger partial charge in [-0.15, -0.1) is 0 Å². The van der Waals surface area contributed by atoms with Crippen molar-refractivity contribution in [3.05, 3.63) is 82.3 Å². The van der Waals surface area contributed by atoms with E-state index in [-0.39, 0.29) is 17.0 Å². The van der Waals surface area contributed by atoms with Crippen LogP contribution in [0.5, 0.6) is 5.75 Å². The van der Waals surface area contributed by atoms with Crippen molar-refractivity contribution in [3.8, 4) is 5.75 Å². The molecule has 4 rings (SSSR count). The van der Waals surface area contributed by atoms with Gasteiger partial charge in [0.15, 0.2) is 0 Å². The first-order valence-corrected chi connectivity index (χ1v) is 11.5. The van der Waals surface area contributed by atoms with Gasteiger partial charge >= 0.3 is 5.97 Å². The van der Waals surface area contributed by atoms with E-state index >= 15 is 0 Å². The Balaban J connectivity index is 1.30. The van der Waals surface area contributed by atoms with Gasteiger partial charge in [-0.05, 0) is 48.7 Å². The van der Waals surface area contributed by atoms with E-state index in [9.17, 15) is 14.7 Å². The van der Waals surface area contributed by atoms with Crippen molar-refractivity contribution in [1.29, 1.82) is 0 Å². The Labute approximate surface area is 202 Å². The highest BCUT2D eigenvalue weighted by Crippen LogP contribution is 2.20. The average Bonchev–Trinajstić information content (AvgIpc) is 2.84. The Kier molecular flexibility index (Phi) is 7.59. The highest BCUT2D eigenvalue weighted by atomic mass is 35.5. The summed E-state index contributed by atoms with van der Waals surface area (Å²) in [5, 5.41) is 15.6. The zero-order valence-electron chi connectivity index (χ0n) is 18.5. The predicted molar refractivity (Wildman–Crippen MR) is 129 cm³/mol. The molecule has 0 saturated heterocycles. The lowest BCUT2D eigenvalue weighted by Gasteiger charge is -2.17. The molecular formula is C25H25ClN4O4. The van der Waals surface area contributed by atoms with Crippen LogP contribution in [0.15, 0.2) is 54.7 Å². The molecule has 0 saturated carbocycles. The Hall–Kier alpha value is -3.65.